The van der Waals surface area contributed by atoms with Crippen LogP contribution >= 0.6 is 11.3 Å². The maximum atomic E-state index is 10.6. The van der Waals surface area contributed by atoms with Gasteiger partial charge in [-0.05, 0) is 19.1 Å². The summed E-state index contributed by atoms with van der Waals surface area (Å²) in [6.45, 7) is 1.83. The van der Waals surface area contributed by atoms with Crippen molar-refractivity contribution < 1.29 is 14.7 Å². The van der Waals surface area contributed by atoms with Crippen molar-refractivity contribution in [1.82, 2.24) is 4.98 Å². The Morgan fingerprint density at radius 2 is 2.31 bits per heavy atom. The summed E-state index contributed by atoms with van der Waals surface area (Å²) in [5, 5.41) is 10.9. The number of carbonyl (C=O) groups is 2. The highest BCUT2D eigenvalue weighted by Gasteiger charge is 2.05. The van der Waals surface area contributed by atoms with E-state index < -0.39 is 11.8 Å². The monoisotopic (exact) mass is 197 g/mol. The zero-order valence-corrected chi connectivity index (χ0v) is 7.67. The fourth-order valence-corrected chi connectivity index (χ4v) is 1.27. The van der Waals surface area contributed by atoms with E-state index in [9.17, 15) is 9.59 Å². The molecule has 1 aromatic rings. The van der Waals surface area contributed by atoms with E-state index >= 15 is 0 Å². The van der Waals surface area contributed by atoms with Crippen molar-refractivity contribution >= 4 is 29.2 Å². The Balaban J connectivity index is 2.69. The van der Waals surface area contributed by atoms with Gasteiger partial charge in [0.1, 0.15) is 0 Å². The smallest absolute Gasteiger partial charge is 0.376 e. The van der Waals surface area contributed by atoms with Gasteiger partial charge >= 0.3 is 5.97 Å². The third-order valence-corrected chi connectivity index (χ3v) is 2.04. The second-order valence-electron chi connectivity index (χ2n) is 2.29. The van der Waals surface area contributed by atoms with E-state index in [2.05, 4.69) is 4.98 Å². The molecule has 0 unspecified atom stereocenters. The summed E-state index contributed by atoms with van der Waals surface area (Å²) < 4.78 is 0. The third-order valence-electron chi connectivity index (χ3n) is 1.25. The van der Waals surface area contributed by atoms with Gasteiger partial charge in [-0.25, -0.2) is 9.78 Å². The average Bonchev–Trinajstić information content (AvgIpc) is 2.47. The summed E-state index contributed by atoms with van der Waals surface area (Å²) in [5.74, 6) is -2.39. The summed E-state index contributed by atoms with van der Waals surface area (Å²) in [5.41, 5.74) is 0.608. The van der Waals surface area contributed by atoms with Crippen LogP contribution < -0.4 is 0 Å². The lowest BCUT2D eigenvalue weighted by molar-refractivity contribution is -0.146. The summed E-state index contributed by atoms with van der Waals surface area (Å²) in [6, 6.07) is 0. The van der Waals surface area contributed by atoms with Crippen LogP contribution in [0.4, 0.5) is 0 Å². The molecule has 0 atom stereocenters. The van der Waals surface area contributed by atoms with Crippen molar-refractivity contribution in [2.75, 3.05) is 0 Å². The minimum absolute atomic E-state index is 0.608. The molecule has 5 heteroatoms. The molecule has 1 heterocycles. The molecule has 0 radical (unpaired) electrons. The van der Waals surface area contributed by atoms with Crippen LogP contribution in [0, 0.1) is 6.92 Å². The van der Waals surface area contributed by atoms with Gasteiger partial charge < -0.3 is 5.11 Å². The van der Waals surface area contributed by atoms with Crippen molar-refractivity contribution in [3.8, 4) is 0 Å². The second-order valence-corrected chi connectivity index (χ2v) is 3.36. The predicted molar refractivity (Wildman–Crippen MR) is 48.5 cm³/mol. The molecule has 68 valence electrons. The molecular formula is C8H7NO3S. The minimum Gasteiger partial charge on any atom is -0.475 e. The quantitative estimate of drug-likeness (QED) is 0.582. The predicted octanol–water partition coefficient (Wildman–Crippen LogP) is 1.12. The first-order valence-corrected chi connectivity index (χ1v) is 4.35. The van der Waals surface area contributed by atoms with Gasteiger partial charge in [-0.3, -0.25) is 4.79 Å². The van der Waals surface area contributed by atoms with E-state index in [-0.39, 0.29) is 0 Å². The Labute approximate surface area is 78.5 Å². The molecule has 0 saturated carbocycles. The second kappa shape index (κ2) is 3.95. The molecule has 0 spiro atoms. The first-order valence-electron chi connectivity index (χ1n) is 3.47. The first-order chi connectivity index (χ1) is 6.09. The van der Waals surface area contributed by atoms with Crippen LogP contribution in [0.15, 0.2) is 11.5 Å². The molecule has 0 amide bonds. The fraction of sp³-hybridized carbons (Fsp3) is 0.125. The van der Waals surface area contributed by atoms with Crippen LogP contribution in [0.5, 0.6) is 0 Å². The Morgan fingerprint density at radius 3 is 2.77 bits per heavy atom. The maximum absolute atomic E-state index is 10.6. The van der Waals surface area contributed by atoms with Crippen LogP contribution in [-0.2, 0) is 9.59 Å². The number of carboxylic acid groups (broad SMARTS) is 1. The molecular weight excluding hydrogens is 190 g/mol. The number of carbonyl (C=O) groups excluding carboxylic acids is 1. The van der Waals surface area contributed by atoms with Gasteiger partial charge in [-0.1, -0.05) is 0 Å². The van der Waals surface area contributed by atoms with Crippen LogP contribution in [0.1, 0.15) is 10.7 Å². The molecule has 0 fully saturated rings. The number of hydrogen-bond donors (Lipinski definition) is 1. The molecule has 0 saturated heterocycles. The largest absolute Gasteiger partial charge is 0.475 e. The van der Waals surface area contributed by atoms with Gasteiger partial charge in [0.05, 0.1) is 10.7 Å². The highest BCUT2D eigenvalue weighted by atomic mass is 32.1. The zero-order chi connectivity index (χ0) is 9.84. The zero-order valence-electron chi connectivity index (χ0n) is 6.85. The van der Waals surface area contributed by atoms with Gasteiger partial charge in [0.15, 0.2) is 0 Å². The van der Waals surface area contributed by atoms with Gasteiger partial charge in [-0.2, -0.15) is 0 Å². The molecule has 13 heavy (non-hydrogen) atoms. The Hall–Kier alpha value is -1.49. The lowest BCUT2D eigenvalue weighted by Gasteiger charge is -1.82. The van der Waals surface area contributed by atoms with E-state index in [0.29, 0.717) is 5.69 Å². The lowest BCUT2D eigenvalue weighted by Crippen LogP contribution is -2.08. The number of rotatable bonds is 3. The van der Waals surface area contributed by atoms with Gasteiger partial charge in [-0.15, -0.1) is 11.3 Å². The number of hydrogen-bond acceptors (Lipinski definition) is 4. The molecule has 1 rings (SSSR count). The topological polar surface area (TPSA) is 67.3 Å². The molecule has 0 aliphatic heterocycles. The Kier molecular flexibility index (Phi) is 2.92. The van der Waals surface area contributed by atoms with Gasteiger partial charge in [0, 0.05) is 5.38 Å². The molecule has 0 aliphatic rings. The normalized spacial score (nSPS) is 10.5. The SMILES string of the molecule is Cc1nc(/C=C/C(=O)C(=O)O)cs1. The number of thiazole rings is 1. The highest BCUT2D eigenvalue weighted by molar-refractivity contribution is 7.09. The van der Waals surface area contributed by atoms with Crippen molar-refractivity contribution in [3.63, 3.8) is 0 Å². The van der Waals surface area contributed by atoms with Crippen molar-refractivity contribution in [2.45, 2.75) is 6.92 Å². The van der Waals surface area contributed by atoms with Crippen LogP contribution in [0.25, 0.3) is 6.08 Å². The van der Waals surface area contributed by atoms with Crippen molar-refractivity contribution in [2.24, 2.45) is 0 Å². The third kappa shape index (κ3) is 2.79. The first kappa shape index (κ1) is 9.60. The van der Waals surface area contributed by atoms with Crippen LogP contribution in [0.3, 0.4) is 0 Å². The van der Waals surface area contributed by atoms with E-state index in [1.807, 2.05) is 6.92 Å². The van der Waals surface area contributed by atoms with Gasteiger partial charge in [0.25, 0.3) is 5.78 Å². The number of nitrogens with zero attached hydrogens (tertiary/aromatic N) is 1. The summed E-state index contributed by atoms with van der Waals surface area (Å²) in [4.78, 5) is 24.7. The van der Waals surface area contributed by atoms with E-state index in [1.54, 1.807) is 5.38 Å². The summed E-state index contributed by atoms with van der Waals surface area (Å²) in [6.07, 6.45) is 2.39. The molecule has 1 N–H and O–H groups in total. The van der Waals surface area contributed by atoms with E-state index in [4.69, 9.17) is 5.11 Å². The fourth-order valence-electron chi connectivity index (χ4n) is 0.689. The lowest BCUT2D eigenvalue weighted by atomic mass is 10.3. The molecule has 1 aromatic heterocycles. The average molecular weight is 197 g/mol. The molecule has 4 nitrogen and oxygen atoms in total. The number of aliphatic carboxylic acids is 1. The number of carboxylic acids is 1. The van der Waals surface area contributed by atoms with E-state index in [1.165, 1.54) is 17.4 Å². The standard InChI is InChI=1S/C8H7NO3S/c1-5-9-6(4-13-5)2-3-7(10)8(11)12/h2-4H,1H3,(H,11,12)/b3-2+. The van der Waals surface area contributed by atoms with E-state index in [0.717, 1.165) is 11.1 Å². The minimum atomic E-state index is -1.46. The number of aryl methyl sites for hydroxylation is 1. The number of aromatic nitrogens is 1. The summed E-state index contributed by atoms with van der Waals surface area (Å²) >= 11 is 1.44. The number of ketones is 1. The molecule has 0 aliphatic carbocycles. The van der Waals surface area contributed by atoms with Gasteiger partial charge in [0.2, 0.25) is 0 Å². The Morgan fingerprint density at radius 1 is 1.62 bits per heavy atom. The maximum Gasteiger partial charge on any atom is 0.376 e. The molecule has 0 bridgehead atoms. The Bertz CT molecular complexity index is 367. The van der Waals surface area contributed by atoms with Crippen LogP contribution in [0.2, 0.25) is 0 Å². The molecule has 0 aromatic carbocycles. The van der Waals surface area contributed by atoms with Crippen LogP contribution in [-0.4, -0.2) is 21.8 Å². The summed E-state index contributed by atoms with van der Waals surface area (Å²) in [7, 11) is 0. The highest BCUT2D eigenvalue weighted by Crippen LogP contribution is 2.08. The van der Waals surface area contributed by atoms with Crippen molar-refractivity contribution in [1.29, 1.82) is 0 Å². The van der Waals surface area contributed by atoms with Crippen molar-refractivity contribution in [3.05, 3.63) is 22.2 Å².